The molecule has 8 nitrogen and oxygen atoms in total. The highest BCUT2D eigenvalue weighted by Gasteiger charge is 2.28. The van der Waals surface area contributed by atoms with Gasteiger partial charge in [-0.25, -0.2) is 8.42 Å². The average Bonchev–Trinajstić information content (AvgIpc) is 3.12. The number of carbonyl (C=O) groups excluding carboxylic acids is 1. The number of rotatable bonds is 6. The van der Waals surface area contributed by atoms with E-state index in [1.165, 1.54) is 34.3 Å². The van der Waals surface area contributed by atoms with E-state index in [0.29, 0.717) is 29.6 Å². The number of hydrogen-bond acceptors (Lipinski definition) is 7. The van der Waals surface area contributed by atoms with Gasteiger partial charge in [-0.05, 0) is 49.4 Å². The van der Waals surface area contributed by atoms with Crippen molar-refractivity contribution in [2.45, 2.75) is 35.8 Å². The van der Waals surface area contributed by atoms with Crippen LogP contribution in [0.15, 0.2) is 57.0 Å². The Kier molecular flexibility index (Phi) is 7.38. The molecule has 2 aromatic carbocycles. The largest absolute Gasteiger partial charge is 0.411 e. The second-order valence-electron chi connectivity index (χ2n) is 7.54. The summed E-state index contributed by atoms with van der Waals surface area (Å²) in [5.41, 5.74) is 1.20. The fourth-order valence-corrected chi connectivity index (χ4v) is 5.94. The van der Waals surface area contributed by atoms with Gasteiger partial charge in [-0.15, -0.1) is 10.2 Å². The predicted molar refractivity (Wildman–Crippen MR) is 128 cm³/mol. The Hall–Kier alpha value is -2.40. The number of nitrogens with one attached hydrogen (secondary N) is 1. The van der Waals surface area contributed by atoms with Gasteiger partial charge >= 0.3 is 0 Å². The van der Waals surface area contributed by atoms with Gasteiger partial charge in [0.25, 0.3) is 17.0 Å². The van der Waals surface area contributed by atoms with Crippen LogP contribution in [0.2, 0.25) is 5.02 Å². The summed E-state index contributed by atoms with van der Waals surface area (Å²) in [7, 11) is -3.81. The average molecular weight is 507 g/mol. The predicted octanol–water partition coefficient (Wildman–Crippen LogP) is 4.93. The topological polar surface area (TPSA) is 105 Å². The smallest absolute Gasteiger partial charge is 0.276 e. The Morgan fingerprint density at radius 1 is 1.09 bits per heavy atom. The molecule has 1 amide bonds. The molecule has 0 bridgehead atoms. The Labute approximate surface area is 201 Å². The van der Waals surface area contributed by atoms with Gasteiger partial charge in [0.2, 0.25) is 10.0 Å². The van der Waals surface area contributed by atoms with Gasteiger partial charge in [-0.3, -0.25) is 4.79 Å². The fourth-order valence-electron chi connectivity index (χ4n) is 3.64. The summed E-state index contributed by atoms with van der Waals surface area (Å²) in [5, 5.41) is 11.3. The Morgan fingerprint density at radius 3 is 2.52 bits per heavy atom. The first kappa shape index (κ1) is 23.7. The number of hydrogen-bond donors (Lipinski definition) is 1. The zero-order chi connectivity index (χ0) is 23.4. The first-order valence-corrected chi connectivity index (χ1v) is 13.5. The number of thioether (sulfide) groups is 1. The maximum Gasteiger partial charge on any atom is 0.276 e. The molecule has 174 valence electrons. The summed E-state index contributed by atoms with van der Waals surface area (Å²) < 4.78 is 33.5. The van der Waals surface area contributed by atoms with Crippen molar-refractivity contribution in [2.24, 2.45) is 0 Å². The molecule has 0 saturated carbocycles. The van der Waals surface area contributed by atoms with Crippen LogP contribution in [-0.2, 0) is 10.0 Å². The van der Waals surface area contributed by atoms with E-state index in [2.05, 4.69) is 15.5 Å². The Bertz CT molecular complexity index is 1250. The third-order valence-electron chi connectivity index (χ3n) is 5.36. The molecule has 33 heavy (non-hydrogen) atoms. The van der Waals surface area contributed by atoms with E-state index in [0.717, 1.165) is 25.7 Å². The van der Waals surface area contributed by atoms with Gasteiger partial charge in [0.05, 0.1) is 16.3 Å². The normalized spacial score (nSPS) is 15.2. The SMILES string of the molecule is CSc1nnc(-c2ccccc2NC(=O)c2ccc(Cl)c(S(=O)(=O)N3CCCCCC3)c2)o1. The summed E-state index contributed by atoms with van der Waals surface area (Å²) in [4.78, 5) is 13.0. The third kappa shape index (κ3) is 5.24. The molecule has 1 aliphatic rings. The summed E-state index contributed by atoms with van der Waals surface area (Å²) in [5.74, 6) is -0.202. The van der Waals surface area contributed by atoms with Gasteiger partial charge < -0.3 is 9.73 Å². The highest BCUT2D eigenvalue weighted by molar-refractivity contribution is 7.98. The van der Waals surface area contributed by atoms with Crippen LogP contribution in [0.1, 0.15) is 36.0 Å². The molecule has 1 N–H and O–H groups in total. The molecule has 0 aliphatic carbocycles. The molecule has 1 aliphatic heterocycles. The van der Waals surface area contributed by atoms with Crippen molar-refractivity contribution in [3.05, 3.63) is 53.1 Å². The summed E-state index contributed by atoms with van der Waals surface area (Å²) in [6, 6.07) is 11.3. The van der Waals surface area contributed by atoms with Crippen molar-refractivity contribution in [1.29, 1.82) is 0 Å². The molecule has 4 rings (SSSR count). The molecular formula is C22H23ClN4O4S2. The minimum absolute atomic E-state index is 0.0616. The number of aromatic nitrogens is 2. The first-order valence-electron chi connectivity index (χ1n) is 10.5. The van der Waals surface area contributed by atoms with Crippen molar-refractivity contribution in [3.63, 3.8) is 0 Å². The maximum absolute atomic E-state index is 13.2. The van der Waals surface area contributed by atoms with Crippen LogP contribution in [0.5, 0.6) is 0 Å². The van der Waals surface area contributed by atoms with Gasteiger partial charge in [0.15, 0.2) is 0 Å². The van der Waals surface area contributed by atoms with Gasteiger partial charge in [0, 0.05) is 18.7 Å². The second kappa shape index (κ2) is 10.3. The monoisotopic (exact) mass is 506 g/mol. The maximum atomic E-state index is 13.2. The van der Waals surface area contributed by atoms with E-state index in [4.69, 9.17) is 16.0 Å². The highest BCUT2D eigenvalue weighted by Crippen LogP contribution is 2.31. The summed E-state index contributed by atoms with van der Waals surface area (Å²) in [6.07, 6.45) is 5.44. The number of anilines is 1. The van der Waals surface area contributed by atoms with Crippen molar-refractivity contribution < 1.29 is 17.6 Å². The lowest BCUT2D eigenvalue weighted by atomic mass is 10.1. The number of halogens is 1. The number of benzene rings is 2. The van der Waals surface area contributed by atoms with Crippen LogP contribution in [0.25, 0.3) is 11.5 Å². The lowest BCUT2D eigenvalue weighted by Crippen LogP contribution is -2.32. The molecule has 1 aromatic heterocycles. The lowest BCUT2D eigenvalue weighted by molar-refractivity contribution is 0.102. The Morgan fingerprint density at radius 2 is 1.82 bits per heavy atom. The molecule has 2 heterocycles. The van der Waals surface area contributed by atoms with Crippen LogP contribution in [0, 0.1) is 0 Å². The highest BCUT2D eigenvalue weighted by atomic mass is 35.5. The van der Waals surface area contributed by atoms with Crippen molar-refractivity contribution in [3.8, 4) is 11.5 Å². The van der Waals surface area contributed by atoms with E-state index >= 15 is 0 Å². The van der Waals surface area contributed by atoms with Gasteiger partial charge in [-0.2, -0.15) is 4.31 Å². The third-order valence-corrected chi connectivity index (χ3v) is 8.26. The van der Waals surface area contributed by atoms with Gasteiger partial charge in [-0.1, -0.05) is 48.3 Å². The minimum atomic E-state index is -3.81. The lowest BCUT2D eigenvalue weighted by Gasteiger charge is -2.21. The van der Waals surface area contributed by atoms with Crippen LogP contribution in [-0.4, -0.2) is 48.2 Å². The molecule has 1 fully saturated rings. The molecule has 0 radical (unpaired) electrons. The summed E-state index contributed by atoms with van der Waals surface area (Å²) in [6.45, 7) is 0.898. The number of carbonyl (C=O) groups is 1. The molecule has 0 atom stereocenters. The van der Waals surface area contributed by atoms with Crippen LogP contribution < -0.4 is 5.32 Å². The van der Waals surface area contributed by atoms with Crippen molar-refractivity contribution in [2.75, 3.05) is 24.7 Å². The number of sulfonamides is 1. The van der Waals surface area contributed by atoms with Crippen molar-refractivity contribution >= 4 is 45.0 Å². The van der Waals surface area contributed by atoms with E-state index in [1.54, 1.807) is 24.3 Å². The molecule has 1 saturated heterocycles. The van der Waals surface area contributed by atoms with E-state index in [1.807, 2.05) is 6.26 Å². The number of para-hydroxylation sites is 1. The molecule has 11 heteroatoms. The zero-order valence-corrected chi connectivity index (χ0v) is 20.3. The van der Waals surface area contributed by atoms with Gasteiger partial charge in [0.1, 0.15) is 4.90 Å². The van der Waals surface area contributed by atoms with E-state index in [9.17, 15) is 13.2 Å². The summed E-state index contributed by atoms with van der Waals surface area (Å²) >= 11 is 7.58. The first-order chi connectivity index (χ1) is 15.9. The van der Waals surface area contributed by atoms with Crippen LogP contribution in [0.3, 0.4) is 0 Å². The fraction of sp³-hybridized carbons (Fsp3) is 0.318. The second-order valence-corrected chi connectivity index (χ2v) is 10.6. The standard InChI is InChI=1S/C22H23ClN4O4S2/c1-32-22-26-25-21(31-22)16-8-4-5-9-18(16)24-20(28)15-10-11-17(23)19(14-15)33(29,30)27-12-6-2-3-7-13-27/h4-5,8-11,14H,2-3,6-7,12-13H2,1H3,(H,24,28). The molecule has 3 aromatic rings. The zero-order valence-electron chi connectivity index (χ0n) is 18.0. The molecule has 0 spiro atoms. The quantitative estimate of drug-likeness (QED) is 0.472. The van der Waals surface area contributed by atoms with Crippen LogP contribution >= 0.6 is 23.4 Å². The number of nitrogens with zero attached hydrogens (tertiary/aromatic N) is 3. The minimum Gasteiger partial charge on any atom is -0.411 e. The molecule has 0 unspecified atom stereocenters. The van der Waals surface area contributed by atoms with Crippen molar-refractivity contribution in [1.82, 2.24) is 14.5 Å². The Balaban J connectivity index is 1.62. The van der Waals surface area contributed by atoms with E-state index in [-0.39, 0.29) is 21.4 Å². The van der Waals surface area contributed by atoms with Crippen LogP contribution in [0.4, 0.5) is 5.69 Å². The molecular weight excluding hydrogens is 484 g/mol. The van der Waals surface area contributed by atoms with E-state index < -0.39 is 15.9 Å². The number of amides is 1.